The zero-order valence-electron chi connectivity index (χ0n) is 22.6. The van der Waals surface area contributed by atoms with E-state index in [0.29, 0.717) is 19.5 Å². The van der Waals surface area contributed by atoms with Gasteiger partial charge in [-0.2, -0.15) is 0 Å². The molecule has 2 bridgehead atoms. The molecule has 2 N–H and O–H groups in total. The third-order valence-corrected chi connectivity index (χ3v) is 9.32. The minimum Gasteiger partial charge on any atom is -0.392 e. The lowest BCUT2D eigenvalue weighted by atomic mass is 9.91. The number of aliphatic hydroxyl groups is 1. The molecule has 0 saturated carbocycles. The van der Waals surface area contributed by atoms with Gasteiger partial charge in [0, 0.05) is 54.2 Å². The summed E-state index contributed by atoms with van der Waals surface area (Å²) in [6, 6.07) is 16.8. The number of para-hydroxylation sites is 2. The van der Waals surface area contributed by atoms with Crippen molar-refractivity contribution >= 4 is 49.5 Å². The molecule has 1 amide bonds. The van der Waals surface area contributed by atoms with Crippen LogP contribution in [0.4, 0.5) is 0 Å². The lowest BCUT2D eigenvalue weighted by Crippen LogP contribution is -2.61. The largest absolute Gasteiger partial charge is 0.392 e. The number of nitrogens with one attached hydrogen (secondary N) is 1. The number of hydrogen-bond acceptors (Lipinski definition) is 5. The summed E-state index contributed by atoms with van der Waals surface area (Å²) in [7, 11) is 3.82. The highest BCUT2D eigenvalue weighted by Gasteiger charge is 2.54. The Kier molecular flexibility index (Phi) is 4.71. The second-order valence-electron chi connectivity index (χ2n) is 11.6. The number of methoxy groups -OCH3 is 1. The number of carbonyl (C=O) groups excluding carboxylic acids is 1. The Morgan fingerprint density at radius 1 is 1.13 bits per heavy atom. The molecule has 1 fully saturated rings. The van der Waals surface area contributed by atoms with Crippen LogP contribution in [0.1, 0.15) is 42.4 Å². The number of fused-ring (bicyclic) bond motifs is 13. The molecule has 0 radical (unpaired) electrons. The number of rotatable bonds is 4. The normalized spacial score (nSPS) is 26.7. The van der Waals surface area contributed by atoms with Gasteiger partial charge in [0.15, 0.2) is 5.72 Å². The topological polar surface area (TPSA) is 80.9 Å². The van der Waals surface area contributed by atoms with Crippen molar-refractivity contribution in [3.05, 3.63) is 59.7 Å². The van der Waals surface area contributed by atoms with Crippen LogP contribution in [0.25, 0.3) is 43.6 Å². The van der Waals surface area contributed by atoms with Crippen molar-refractivity contribution in [2.45, 2.75) is 57.0 Å². The monoisotopic (exact) mass is 524 g/mol. The fourth-order valence-electron chi connectivity index (χ4n) is 7.99. The van der Waals surface area contributed by atoms with E-state index < -0.39 is 11.8 Å². The molecule has 8 rings (SSSR count). The van der Waals surface area contributed by atoms with Crippen LogP contribution in [0.5, 0.6) is 0 Å². The van der Waals surface area contributed by atoms with Crippen LogP contribution in [0.3, 0.4) is 0 Å². The predicted octanol–water partition coefficient (Wildman–Crippen LogP) is 4.45. The fourth-order valence-corrected chi connectivity index (χ4v) is 7.99. The smallest absolute Gasteiger partial charge is 0.252 e. The first-order valence-corrected chi connectivity index (χ1v) is 13.7. The SMILES string of the molecule is CO[C@@H]1[C@H](N(C)CC(C)O)C[C@H]2O[C@]1(C)n1c3ccccc3c3c4c(c5c6ccccc6n2c5c31)C(=O)NC4. The summed E-state index contributed by atoms with van der Waals surface area (Å²) in [4.78, 5) is 15.7. The zero-order valence-corrected chi connectivity index (χ0v) is 22.6. The molecule has 0 aliphatic carbocycles. The van der Waals surface area contributed by atoms with Crippen LogP contribution in [0.2, 0.25) is 0 Å². The van der Waals surface area contributed by atoms with Gasteiger partial charge < -0.3 is 29.0 Å². The maximum atomic E-state index is 13.4. The number of ether oxygens (including phenoxy) is 2. The van der Waals surface area contributed by atoms with E-state index in [0.717, 1.165) is 54.7 Å². The van der Waals surface area contributed by atoms with Gasteiger partial charge in [-0.3, -0.25) is 9.69 Å². The average molecular weight is 525 g/mol. The Morgan fingerprint density at radius 3 is 2.54 bits per heavy atom. The van der Waals surface area contributed by atoms with Crippen molar-refractivity contribution in [1.82, 2.24) is 19.4 Å². The number of aliphatic hydroxyl groups excluding tert-OH is 1. The molecule has 0 spiro atoms. The maximum absolute atomic E-state index is 13.4. The fraction of sp³-hybridized carbons (Fsp3) is 0.387. The highest BCUT2D eigenvalue weighted by atomic mass is 16.6. The molecule has 39 heavy (non-hydrogen) atoms. The van der Waals surface area contributed by atoms with E-state index in [1.807, 2.05) is 13.0 Å². The van der Waals surface area contributed by atoms with Crippen molar-refractivity contribution in [2.24, 2.45) is 0 Å². The number of carbonyl (C=O) groups is 1. The number of amides is 1. The molecule has 1 saturated heterocycles. The maximum Gasteiger partial charge on any atom is 0.252 e. The van der Waals surface area contributed by atoms with E-state index in [1.165, 1.54) is 0 Å². The molecule has 8 heteroatoms. The molecular formula is C31H32N4O4. The lowest BCUT2D eigenvalue weighted by Gasteiger charge is -2.50. The van der Waals surface area contributed by atoms with Crippen LogP contribution in [0, 0.1) is 0 Å². The minimum absolute atomic E-state index is 0.0182. The number of aromatic nitrogens is 2. The van der Waals surface area contributed by atoms with Gasteiger partial charge in [-0.1, -0.05) is 36.4 Å². The van der Waals surface area contributed by atoms with Crippen molar-refractivity contribution in [3.8, 4) is 0 Å². The summed E-state index contributed by atoms with van der Waals surface area (Å²) in [6.45, 7) is 4.99. The van der Waals surface area contributed by atoms with Crippen LogP contribution in [-0.4, -0.2) is 64.0 Å². The summed E-state index contributed by atoms with van der Waals surface area (Å²) >= 11 is 0. The Hall–Kier alpha value is -3.43. The summed E-state index contributed by atoms with van der Waals surface area (Å²) in [6.07, 6.45) is -0.398. The lowest BCUT2D eigenvalue weighted by molar-refractivity contribution is -0.268. The van der Waals surface area contributed by atoms with Gasteiger partial charge in [0.25, 0.3) is 5.91 Å². The zero-order chi connectivity index (χ0) is 26.8. The summed E-state index contributed by atoms with van der Waals surface area (Å²) in [5.41, 5.74) is 5.22. The molecule has 5 heterocycles. The Balaban J connectivity index is 1.60. The predicted molar refractivity (Wildman–Crippen MR) is 151 cm³/mol. The van der Waals surface area contributed by atoms with Crippen molar-refractivity contribution in [3.63, 3.8) is 0 Å². The number of hydrogen-bond donors (Lipinski definition) is 2. The molecule has 8 nitrogen and oxygen atoms in total. The van der Waals surface area contributed by atoms with Gasteiger partial charge >= 0.3 is 0 Å². The first-order chi connectivity index (χ1) is 18.8. The number of nitrogens with zero attached hydrogens (tertiary/aromatic N) is 3. The van der Waals surface area contributed by atoms with Gasteiger partial charge in [-0.15, -0.1) is 0 Å². The third-order valence-electron chi connectivity index (χ3n) is 9.32. The standard InChI is InChI=1S/C31H32N4O4/c1-16(36)15-33(3)22-13-23-34-20-11-7-5-9-17(20)25-26-19(14-32-30(26)37)24-18-10-6-8-12-21(18)35(28(24)27(25)34)31(2,39-23)29(22)38-4/h5-12,16,22-23,29,36H,13-15H2,1-4H3,(H,32,37)/t16?,22-,23-,29-,31+/m1/s1. The van der Waals surface area contributed by atoms with E-state index in [1.54, 1.807) is 7.11 Å². The van der Waals surface area contributed by atoms with E-state index in [2.05, 4.69) is 75.8 Å². The van der Waals surface area contributed by atoms with Gasteiger partial charge in [0.2, 0.25) is 0 Å². The second-order valence-corrected chi connectivity index (χ2v) is 11.6. The summed E-state index contributed by atoms with van der Waals surface area (Å²) in [5.74, 6) is -0.0182. The third kappa shape index (κ3) is 2.79. The highest BCUT2D eigenvalue weighted by Crippen LogP contribution is 2.54. The van der Waals surface area contributed by atoms with Crippen molar-refractivity contribution in [1.29, 1.82) is 0 Å². The van der Waals surface area contributed by atoms with E-state index in [-0.39, 0.29) is 24.3 Å². The van der Waals surface area contributed by atoms with E-state index in [4.69, 9.17) is 9.47 Å². The molecule has 5 aromatic rings. The van der Waals surface area contributed by atoms with Crippen LogP contribution in [0.15, 0.2) is 48.5 Å². The first-order valence-electron chi connectivity index (χ1n) is 13.7. The molecule has 3 aliphatic rings. The van der Waals surface area contributed by atoms with Gasteiger partial charge in [-0.25, -0.2) is 0 Å². The number of likely N-dealkylation sites (N-methyl/N-ethyl adjacent to an activating group) is 1. The van der Waals surface area contributed by atoms with Crippen molar-refractivity contribution in [2.75, 3.05) is 20.7 Å². The molecule has 3 aromatic carbocycles. The van der Waals surface area contributed by atoms with E-state index in [9.17, 15) is 9.90 Å². The molecule has 200 valence electrons. The Morgan fingerprint density at radius 2 is 1.82 bits per heavy atom. The molecule has 3 aliphatic heterocycles. The molecule has 5 atom stereocenters. The van der Waals surface area contributed by atoms with Gasteiger partial charge in [0.05, 0.1) is 33.7 Å². The second kappa shape index (κ2) is 7.82. The first kappa shape index (κ1) is 23.5. The highest BCUT2D eigenvalue weighted by molar-refractivity contribution is 6.31. The number of benzene rings is 3. The quantitative estimate of drug-likeness (QED) is 0.363. The summed E-state index contributed by atoms with van der Waals surface area (Å²) < 4.78 is 18.2. The molecular weight excluding hydrogens is 492 g/mol. The summed E-state index contributed by atoms with van der Waals surface area (Å²) in [5, 5.41) is 17.7. The van der Waals surface area contributed by atoms with Gasteiger partial charge in [0.1, 0.15) is 12.3 Å². The molecule has 2 aromatic heterocycles. The van der Waals surface area contributed by atoms with Crippen molar-refractivity contribution < 1.29 is 19.4 Å². The van der Waals surface area contributed by atoms with E-state index >= 15 is 0 Å². The van der Waals surface area contributed by atoms with Gasteiger partial charge in [-0.05, 0) is 38.6 Å². The average Bonchev–Trinajstić information content (AvgIpc) is 3.55. The Labute approximate surface area is 225 Å². The van der Waals surface area contributed by atoms with Crippen LogP contribution < -0.4 is 5.32 Å². The Bertz CT molecular complexity index is 1850. The molecule has 1 unspecified atom stereocenters. The van der Waals surface area contributed by atoms with Crippen LogP contribution >= 0.6 is 0 Å². The minimum atomic E-state index is -0.853. The van der Waals surface area contributed by atoms with Crippen LogP contribution in [-0.2, 0) is 21.7 Å².